The minimum atomic E-state index is -0.280. The van der Waals surface area contributed by atoms with Gasteiger partial charge in [-0.25, -0.2) is 14.4 Å². The molecule has 2 N–H and O–H groups in total. The molecule has 1 aromatic heterocycles. The SMILES string of the molecule is CCN(c1ccc(F)cc1)c1nccc(C(N)=S)n1. The Hall–Kier alpha value is -2.08. The van der Waals surface area contributed by atoms with Gasteiger partial charge in [0.1, 0.15) is 16.5 Å². The molecule has 0 spiro atoms. The summed E-state index contributed by atoms with van der Waals surface area (Å²) in [4.78, 5) is 10.6. The van der Waals surface area contributed by atoms with Crippen molar-refractivity contribution in [3.63, 3.8) is 0 Å². The second-order valence-corrected chi connectivity index (χ2v) is 4.27. The Morgan fingerprint density at radius 2 is 2.00 bits per heavy atom. The van der Waals surface area contributed by atoms with Crippen molar-refractivity contribution in [3.8, 4) is 0 Å². The second kappa shape index (κ2) is 5.71. The normalized spacial score (nSPS) is 10.2. The van der Waals surface area contributed by atoms with Crippen LogP contribution in [0.25, 0.3) is 0 Å². The number of hydrogen-bond donors (Lipinski definition) is 1. The Balaban J connectivity index is 2.39. The van der Waals surface area contributed by atoms with Crippen LogP contribution in [0.5, 0.6) is 0 Å². The third-order valence-electron chi connectivity index (χ3n) is 2.59. The molecule has 0 aliphatic carbocycles. The summed E-state index contributed by atoms with van der Waals surface area (Å²) >= 11 is 4.90. The Bertz CT molecular complexity index is 585. The lowest BCUT2D eigenvalue weighted by molar-refractivity contribution is 0.627. The van der Waals surface area contributed by atoms with E-state index < -0.39 is 0 Å². The minimum absolute atomic E-state index is 0.221. The molecule has 0 saturated heterocycles. The van der Waals surface area contributed by atoms with Gasteiger partial charge in [0, 0.05) is 18.4 Å². The van der Waals surface area contributed by atoms with Crippen molar-refractivity contribution in [2.75, 3.05) is 11.4 Å². The molecular weight excluding hydrogens is 263 g/mol. The second-order valence-electron chi connectivity index (χ2n) is 3.83. The lowest BCUT2D eigenvalue weighted by Crippen LogP contribution is -2.21. The van der Waals surface area contributed by atoms with E-state index in [9.17, 15) is 4.39 Å². The van der Waals surface area contributed by atoms with Gasteiger partial charge in [0.2, 0.25) is 5.95 Å². The summed E-state index contributed by atoms with van der Waals surface area (Å²) in [5.74, 6) is 0.206. The number of halogens is 1. The van der Waals surface area contributed by atoms with Crippen molar-refractivity contribution in [2.24, 2.45) is 5.73 Å². The van der Waals surface area contributed by atoms with E-state index in [1.165, 1.54) is 12.1 Å². The van der Waals surface area contributed by atoms with Crippen molar-refractivity contribution in [3.05, 3.63) is 48.0 Å². The number of anilines is 2. The summed E-state index contributed by atoms with van der Waals surface area (Å²) in [5.41, 5.74) is 6.88. The average Bonchev–Trinajstić information content (AvgIpc) is 2.42. The van der Waals surface area contributed by atoms with E-state index in [4.69, 9.17) is 18.0 Å². The number of hydrogen-bond acceptors (Lipinski definition) is 4. The first-order chi connectivity index (χ1) is 9.11. The minimum Gasteiger partial charge on any atom is -0.388 e. The molecule has 1 heterocycles. The van der Waals surface area contributed by atoms with Gasteiger partial charge in [-0.05, 0) is 37.3 Å². The van der Waals surface area contributed by atoms with Gasteiger partial charge in [-0.1, -0.05) is 12.2 Å². The van der Waals surface area contributed by atoms with Gasteiger partial charge in [0.05, 0.1) is 0 Å². The summed E-state index contributed by atoms with van der Waals surface area (Å²) in [6.45, 7) is 2.60. The van der Waals surface area contributed by atoms with E-state index in [0.29, 0.717) is 18.2 Å². The Morgan fingerprint density at radius 3 is 2.58 bits per heavy atom. The molecule has 0 atom stereocenters. The maximum absolute atomic E-state index is 12.9. The Labute approximate surface area is 116 Å². The highest BCUT2D eigenvalue weighted by Crippen LogP contribution is 2.21. The van der Waals surface area contributed by atoms with Gasteiger partial charge < -0.3 is 10.6 Å². The summed E-state index contributed by atoms with van der Waals surface area (Å²) in [6, 6.07) is 7.81. The summed E-state index contributed by atoms with van der Waals surface area (Å²) in [7, 11) is 0. The predicted octanol–water partition coefficient (Wildman–Crippen LogP) is 2.41. The molecule has 98 valence electrons. The molecule has 19 heavy (non-hydrogen) atoms. The number of nitrogens with zero attached hydrogens (tertiary/aromatic N) is 3. The lowest BCUT2D eigenvalue weighted by Gasteiger charge is -2.21. The first kappa shape index (κ1) is 13.4. The monoisotopic (exact) mass is 276 g/mol. The van der Waals surface area contributed by atoms with E-state index in [1.54, 1.807) is 24.4 Å². The van der Waals surface area contributed by atoms with Crippen LogP contribution >= 0.6 is 12.2 Å². The zero-order valence-corrected chi connectivity index (χ0v) is 11.2. The predicted molar refractivity (Wildman–Crippen MR) is 77.0 cm³/mol. The fourth-order valence-electron chi connectivity index (χ4n) is 1.68. The van der Waals surface area contributed by atoms with Crippen molar-refractivity contribution in [1.29, 1.82) is 0 Å². The standard InChI is InChI=1S/C13H13FN4S/c1-2-18(10-5-3-9(14)4-6-10)13-16-8-7-11(17-13)12(15)19/h3-8H,2H2,1H3,(H2,15,19). The summed E-state index contributed by atoms with van der Waals surface area (Å²) < 4.78 is 12.9. The molecule has 2 rings (SSSR count). The van der Waals surface area contributed by atoms with Crippen LogP contribution in [0.1, 0.15) is 12.6 Å². The molecule has 0 radical (unpaired) electrons. The molecule has 0 bridgehead atoms. The van der Waals surface area contributed by atoms with Crippen LogP contribution in [0.15, 0.2) is 36.5 Å². The van der Waals surface area contributed by atoms with Crippen molar-refractivity contribution >= 4 is 28.8 Å². The van der Waals surface area contributed by atoms with Crippen LogP contribution in [0, 0.1) is 5.82 Å². The highest BCUT2D eigenvalue weighted by molar-refractivity contribution is 7.80. The van der Waals surface area contributed by atoms with E-state index in [-0.39, 0.29) is 10.8 Å². The number of benzene rings is 1. The molecule has 6 heteroatoms. The highest BCUT2D eigenvalue weighted by Gasteiger charge is 2.11. The smallest absolute Gasteiger partial charge is 0.230 e. The molecule has 0 fully saturated rings. The molecule has 0 saturated carbocycles. The van der Waals surface area contributed by atoms with Crippen LogP contribution in [-0.4, -0.2) is 21.5 Å². The number of thiocarbonyl (C=S) groups is 1. The first-order valence-electron chi connectivity index (χ1n) is 5.77. The zero-order chi connectivity index (χ0) is 13.8. The maximum Gasteiger partial charge on any atom is 0.230 e. The third kappa shape index (κ3) is 3.03. The van der Waals surface area contributed by atoms with E-state index in [0.717, 1.165) is 5.69 Å². The van der Waals surface area contributed by atoms with Gasteiger partial charge in [-0.15, -0.1) is 0 Å². The average molecular weight is 276 g/mol. The first-order valence-corrected chi connectivity index (χ1v) is 6.18. The van der Waals surface area contributed by atoms with Gasteiger partial charge in [0.15, 0.2) is 0 Å². The highest BCUT2D eigenvalue weighted by atomic mass is 32.1. The molecular formula is C13H13FN4S. The van der Waals surface area contributed by atoms with Crippen LogP contribution in [0.3, 0.4) is 0 Å². The molecule has 4 nitrogen and oxygen atoms in total. The Kier molecular flexibility index (Phi) is 4.01. The van der Waals surface area contributed by atoms with E-state index in [1.807, 2.05) is 11.8 Å². The molecule has 1 aromatic carbocycles. The van der Waals surface area contributed by atoms with Gasteiger partial charge in [0.25, 0.3) is 0 Å². The largest absolute Gasteiger partial charge is 0.388 e. The number of rotatable bonds is 4. The fourth-order valence-corrected chi connectivity index (χ4v) is 1.79. The molecule has 2 aromatic rings. The summed E-state index contributed by atoms with van der Waals surface area (Å²) in [5, 5.41) is 0. The van der Waals surface area contributed by atoms with Crippen LogP contribution in [0.2, 0.25) is 0 Å². The van der Waals surface area contributed by atoms with Crippen LogP contribution in [0.4, 0.5) is 16.0 Å². The molecule has 0 aliphatic heterocycles. The van der Waals surface area contributed by atoms with E-state index in [2.05, 4.69) is 9.97 Å². The number of nitrogens with two attached hydrogens (primary N) is 1. The van der Waals surface area contributed by atoms with Crippen LogP contribution < -0.4 is 10.6 Å². The summed E-state index contributed by atoms with van der Waals surface area (Å²) in [6.07, 6.45) is 1.60. The maximum atomic E-state index is 12.9. The van der Waals surface area contributed by atoms with Crippen molar-refractivity contribution in [1.82, 2.24) is 9.97 Å². The topological polar surface area (TPSA) is 55.0 Å². The fraction of sp³-hybridized carbons (Fsp3) is 0.154. The molecule has 0 aliphatic rings. The van der Waals surface area contributed by atoms with Crippen LogP contribution in [-0.2, 0) is 0 Å². The molecule has 0 amide bonds. The van der Waals surface area contributed by atoms with E-state index >= 15 is 0 Å². The quantitative estimate of drug-likeness (QED) is 0.869. The van der Waals surface area contributed by atoms with Gasteiger partial charge in [-0.3, -0.25) is 0 Å². The van der Waals surface area contributed by atoms with Gasteiger partial charge >= 0.3 is 0 Å². The van der Waals surface area contributed by atoms with Crippen molar-refractivity contribution < 1.29 is 4.39 Å². The van der Waals surface area contributed by atoms with Gasteiger partial charge in [-0.2, -0.15) is 0 Å². The number of aromatic nitrogens is 2. The lowest BCUT2D eigenvalue weighted by atomic mass is 10.3. The Morgan fingerprint density at radius 1 is 1.32 bits per heavy atom. The van der Waals surface area contributed by atoms with Crippen molar-refractivity contribution in [2.45, 2.75) is 6.92 Å². The third-order valence-corrected chi connectivity index (χ3v) is 2.80. The molecule has 0 unspecified atom stereocenters. The zero-order valence-electron chi connectivity index (χ0n) is 10.4.